The van der Waals surface area contributed by atoms with Crippen LogP contribution in [0.2, 0.25) is 0 Å². The molecule has 0 radical (unpaired) electrons. The van der Waals surface area contributed by atoms with Crippen molar-refractivity contribution >= 4 is 11.7 Å². The van der Waals surface area contributed by atoms with Gasteiger partial charge in [0.2, 0.25) is 0 Å². The third kappa shape index (κ3) is 3.96. The van der Waals surface area contributed by atoms with E-state index in [-0.39, 0.29) is 11.4 Å². The predicted molar refractivity (Wildman–Crippen MR) is 78.3 cm³/mol. The Morgan fingerprint density at radius 3 is 2.79 bits per heavy atom. The number of nitrogens with one attached hydrogen (secondary N) is 3. The molecule has 0 saturated carbocycles. The molecule has 1 aliphatic heterocycles. The van der Waals surface area contributed by atoms with Gasteiger partial charge in [-0.3, -0.25) is 0 Å². The quantitative estimate of drug-likeness (QED) is 0.783. The number of rotatable bonds is 3. The predicted octanol–water partition coefficient (Wildman–Crippen LogP) is 2.59. The number of anilines is 1. The Kier molecular flexibility index (Phi) is 4.43. The monoisotopic (exact) mass is 261 g/mol. The van der Waals surface area contributed by atoms with E-state index in [1.165, 1.54) is 12.8 Å². The maximum absolute atomic E-state index is 11.8. The SMILES string of the molecule is CC1(C)CCCNC1CNC(=O)Nc1ccccc1. The van der Waals surface area contributed by atoms with Gasteiger partial charge in [-0.05, 0) is 36.9 Å². The highest BCUT2D eigenvalue weighted by Crippen LogP contribution is 2.29. The summed E-state index contributed by atoms with van der Waals surface area (Å²) in [6.07, 6.45) is 2.41. The van der Waals surface area contributed by atoms with Gasteiger partial charge in [0.15, 0.2) is 0 Å². The van der Waals surface area contributed by atoms with Gasteiger partial charge < -0.3 is 16.0 Å². The van der Waals surface area contributed by atoms with Crippen LogP contribution in [-0.4, -0.2) is 25.2 Å². The molecule has 1 fully saturated rings. The van der Waals surface area contributed by atoms with Crippen LogP contribution in [0.1, 0.15) is 26.7 Å². The molecule has 1 aromatic carbocycles. The topological polar surface area (TPSA) is 53.2 Å². The van der Waals surface area contributed by atoms with Crippen LogP contribution in [0.3, 0.4) is 0 Å². The lowest BCUT2D eigenvalue weighted by molar-refractivity contribution is 0.177. The van der Waals surface area contributed by atoms with Gasteiger partial charge in [0.25, 0.3) is 0 Å². The van der Waals surface area contributed by atoms with E-state index in [4.69, 9.17) is 0 Å². The second-order valence-electron chi connectivity index (χ2n) is 5.80. The van der Waals surface area contributed by atoms with E-state index in [0.717, 1.165) is 12.2 Å². The molecule has 1 atom stereocenters. The Morgan fingerprint density at radius 2 is 2.11 bits per heavy atom. The van der Waals surface area contributed by atoms with E-state index in [1.54, 1.807) is 0 Å². The largest absolute Gasteiger partial charge is 0.336 e. The smallest absolute Gasteiger partial charge is 0.319 e. The molecule has 4 heteroatoms. The van der Waals surface area contributed by atoms with Gasteiger partial charge in [-0.1, -0.05) is 32.0 Å². The zero-order valence-electron chi connectivity index (χ0n) is 11.7. The van der Waals surface area contributed by atoms with Gasteiger partial charge in [0.05, 0.1) is 0 Å². The van der Waals surface area contributed by atoms with Crippen molar-refractivity contribution in [3.05, 3.63) is 30.3 Å². The molecule has 0 bridgehead atoms. The molecule has 104 valence electrons. The number of piperidine rings is 1. The third-order valence-corrected chi connectivity index (χ3v) is 3.83. The number of carbonyl (C=O) groups excluding carboxylic acids is 1. The van der Waals surface area contributed by atoms with E-state index in [9.17, 15) is 4.79 Å². The Bertz CT molecular complexity index is 417. The molecule has 1 heterocycles. The second-order valence-corrected chi connectivity index (χ2v) is 5.80. The molecule has 0 aliphatic carbocycles. The lowest BCUT2D eigenvalue weighted by atomic mass is 9.77. The van der Waals surface area contributed by atoms with E-state index in [1.807, 2.05) is 30.3 Å². The Hall–Kier alpha value is -1.55. The fraction of sp³-hybridized carbons (Fsp3) is 0.533. The molecule has 19 heavy (non-hydrogen) atoms. The molecule has 1 aromatic rings. The molecule has 2 amide bonds. The summed E-state index contributed by atoms with van der Waals surface area (Å²) in [5.41, 5.74) is 1.05. The fourth-order valence-electron chi connectivity index (χ4n) is 2.51. The van der Waals surface area contributed by atoms with Crippen LogP contribution in [0.25, 0.3) is 0 Å². The molecule has 4 nitrogen and oxygen atoms in total. The Morgan fingerprint density at radius 1 is 1.37 bits per heavy atom. The number of hydrogen-bond acceptors (Lipinski definition) is 2. The van der Waals surface area contributed by atoms with Crippen molar-refractivity contribution in [3.63, 3.8) is 0 Å². The van der Waals surface area contributed by atoms with Crippen molar-refractivity contribution in [2.45, 2.75) is 32.7 Å². The lowest BCUT2D eigenvalue weighted by Crippen LogP contribution is -2.53. The summed E-state index contributed by atoms with van der Waals surface area (Å²) in [6, 6.07) is 9.68. The molecule has 0 spiro atoms. The van der Waals surface area contributed by atoms with Crippen LogP contribution < -0.4 is 16.0 Å². The first kappa shape index (κ1) is 13.9. The van der Waals surface area contributed by atoms with E-state index in [2.05, 4.69) is 29.8 Å². The van der Waals surface area contributed by atoms with Crippen LogP contribution in [0.15, 0.2) is 30.3 Å². The molecule has 0 aromatic heterocycles. The van der Waals surface area contributed by atoms with Gasteiger partial charge >= 0.3 is 6.03 Å². The normalized spacial score (nSPS) is 21.7. The zero-order valence-corrected chi connectivity index (χ0v) is 11.7. The summed E-state index contributed by atoms with van der Waals surface area (Å²) >= 11 is 0. The van der Waals surface area contributed by atoms with Crippen LogP contribution in [0, 0.1) is 5.41 Å². The van der Waals surface area contributed by atoms with Gasteiger partial charge in [0, 0.05) is 18.3 Å². The van der Waals surface area contributed by atoms with Crippen molar-refractivity contribution in [1.82, 2.24) is 10.6 Å². The van der Waals surface area contributed by atoms with E-state index in [0.29, 0.717) is 12.6 Å². The van der Waals surface area contributed by atoms with E-state index < -0.39 is 0 Å². The maximum Gasteiger partial charge on any atom is 0.319 e. The number of urea groups is 1. The van der Waals surface area contributed by atoms with Crippen LogP contribution in [-0.2, 0) is 0 Å². The van der Waals surface area contributed by atoms with Crippen molar-refractivity contribution in [3.8, 4) is 0 Å². The van der Waals surface area contributed by atoms with Gasteiger partial charge in [-0.2, -0.15) is 0 Å². The second kappa shape index (κ2) is 6.06. The summed E-state index contributed by atoms with van der Waals surface area (Å²) in [7, 11) is 0. The molecular weight excluding hydrogens is 238 g/mol. The molecular formula is C15H23N3O. The number of benzene rings is 1. The standard InChI is InChI=1S/C15H23N3O/c1-15(2)9-6-10-16-13(15)11-17-14(19)18-12-7-4-3-5-8-12/h3-5,7-8,13,16H,6,9-11H2,1-2H3,(H2,17,18,19). The number of amides is 2. The fourth-order valence-corrected chi connectivity index (χ4v) is 2.51. The maximum atomic E-state index is 11.8. The van der Waals surface area contributed by atoms with Crippen molar-refractivity contribution in [2.24, 2.45) is 5.41 Å². The van der Waals surface area contributed by atoms with Gasteiger partial charge in [-0.25, -0.2) is 4.79 Å². The summed E-state index contributed by atoms with van der Waals surface area (Å²) < 4.78 is 0. The molecule has 2 rings (SSSR count). The van der Waals surface area contributed by atoms with Gasteiger partial charge in [0.1, 0.15) is 0 Å². The highest BCUT2D eigenvalue weighted by molar-refractivity contribution is 5.89. The third-order valence-electron chi connectivity index (χ3n) is 3.83. The van der Waals surface area contributed by atoms with E-state index >= 15 is 0 Å². The number of para-hydroxylation sites is 1. The first-order chi connectivity index (χ1) is 9.08. The molecule has 1 unspecified atom stereocenters. The zero-order chi connectivity index (χ0) is 13.7. The summed E-state index contributed by atoms with van der Waals surface area (Å²) in [4.78, 5) is 11.8. The van der Waals surface area contributed by atoms with Crippen LogP contribution >= 0.6 is 0 Å². The van der Waals surface area contributed by atoms with Crippen molar-refractivity contribution < 1.29 is 4.79 Å². The molecule has 3 N–H and O–H groups in total. The average Bonchev–Trinajstić information content (AvgIpc) is 2.38. The van der Waals surface area contributed by atoms with Crippen molar-refractivity contribution in [1.29, 1.82) is 0 Å². The Labute approximate surface area is 115 Å². The summed E-state index contributed by atoms with van der Waals surface area (Å²) in [6.45, 7) is 6.20. The molecule has 1 aliphatic rings. The minimum atomic E-state index is -0.144. The summed E-state index contributed by atoms with van der Waals surface area (Å²) in [5.74, 6) is 0. The highest BCUT2D eigenvalue weighted by atomic mass is 16.2. The lowest BCUT2D eigenvalue weighted by Gasteiger charge is -2.39. The Balaban J connectivity index is 1.80. The van der Waals surface area contributed by atoms with Gasteiger partial charge in [-0.15, -0.1) is 0 Å². The number of carbonyl (C=O) groups is 1. The minimum absolute atomic E-state index is 0.144. The van der Waals surface area contributed by atoms with Crippen LogP contribution in [0.5, 0.6) is 0 Å². The number of hydrogen-bond donors (Lipinski definition) is 3. The molecule has 1 saturated heterocycles. The first-order valence-corrected chi connectivity index (χ1v) is 6.91. The first-order valence-electron chi connectivity index (χ1n) is 6.91. The minimum Gasteiger partial charge on any atom is -0.336 e. The van der Waals surface area contributed by atoms with Crippen molar-refractivity contribution in [2.75, 3.05) is 18.4 Å². The highest BCUT2D eigenvalue weighted by Gasteiger charge is 2.31. The van der Waals surface area contributed by atoms with Crippen LogP contribution in [0.4, 0.5) is 10.5 Å². The summed E-state index contributed by atoms with van der Waals surface area (Å²) in [5, 5.41) is 9.26. The average molecular weight is 261 g/mol.